The Hall–Kier alpha value is -3.34. The van der Waals surface area contributed by atoms with E-state index in [1.807, 2.05) is 0 Å². The van der Waals surface area contributed by atoms with Crippen LogP contribution in [0, 0.1) is 20.2 Å². The molecule has 0 aromatic heterocycles. The Balaban J connectivity index is 2.43. The number of imide groups is 1. The van der Waals surface area contributed by atoms with Crippen LogP contribution >= 0.6 is 0 Å². The number of para-hydroxylation sites is 1. The summed E-state index contributed by atoms with van der Waals surface area (Å²) < 4.78 is 0. The molecule has 2 rings (SSSR count). The van der Waals surface area contributed by atoms with Gasteiger partial charge in [0, 0.05) is 18.2 Å². The maximum atomic E-state index is 12.0. The van der Waals surface area contributed by atoms with E-state index in [4.69, 9.17) is 5.11 Å². The van der Waals surface area contributed by atoms with E-state index in [1.54, 1.807) is 0 Å². The lowest BCUT2D eigenvalue weighted by molar-refractivity contribution is -0.392. The molecule has 0 spiro atoms. The van der Waals surface area contributed by atoms with Gasteiger partial charge in [0.25, 0.3) is 23.2 Å². The number of carbonyl (C=O) groups is 2. The van der Waals surface area contributed by atoms with Crippen molar-refractivity contribution in [3.05, 3.63) is 50.2 Å². The Bertz CT molecular complexity index is 711. The Labute approximate surface area is 128 Å². The summed E-state index contributed by atoms with van der Waals surface area (Å²) in [7, 11) is 0. The fourth-order valence-electron chi connectivity index (χ4n) is 2.01. The molecule has 0 atom stereocenters. The van der Waals surface area contributed by atoms with Crippen molar-refractivity contribution in [2.75, 3.05) is 18.5 Å². The molecule has 0 radical (unpaired) electrons. The summed E-state index contributed by atoms with van der Waals surface area (Å²) in [5.74, 6) is -1.57. The number of amides is 2. The monoisotopic (exact) mass is 322 g/mol. The molecule has 0 saturated carbocycles. The lowest BCUT2D eigenvalue weighted by Crippen LogP contribution is -2.34. The number of aliphatic hydroxyl groups excluding tert-OH is 1. The molecule has 0 fully saturated rings. The lowest BCUT2D eigenvalue weighted by Gasteiger charge is -2.13. The van der Waals surface area contributed by atoms with E-state index in [1.165, 1.54) is 0 Å². The summed E-state index contributed by atoms with van der Waals surface area (Å²) in [5.41, 5.74) is -2.07. The maximum Gasteiger partial charge on any atom is 0.299 e. The van der Waals surface area contributed by atoms with Gasteiger partial charge in [0.2, 0.25) is 0 Å². The number of rotatable bonds is 6. The van der Waals surface area contributed by atoms with Crippen LogP contribution in [-0.2, 0) is 9.59 Å². The number of nitrogens with one attached hydrogen (secondary N) is 1. The Morgan fingerprint density at radius 3 is 2.17 bits per heavy atom. The molecule has 23 heavy (non-hydrogen) atoms. The number of aliphatic hydroxyl groups is 1. The molecule has 1 aliphatic rings. The van der Waals surface area contributed by atoms with Crippen LogP contribution in [0.25, 0.3) is 0 Å². The van der Waals surface area contributed by atoms with Crippen LogP contribution in [0.3, 0.4) is 0 Å². The molecule has 0 saturated heterocycles. The van der Waals surface area contributed by atoms with Gasteiger partial charge >= 0.3 is 0 Å². The van der Waals surface area contributed by atoms with E-state index in [0.29, 0.717) is 4.90 Å². The third kappa shape index (κ3) is 2.98. The van der Waals surface area contributed by atoms with E-state index < -0.39 is 45.3 Å². The molecule has 11 nitrogen and oxygen atoms in total. The molecule has 1 aromatic rings. The molecule has 11 heteroatoms. The Morgan fingerprint density at radius 2 is 1.70 bits per heavy atom. The number of β-amino-alcohol motifs (C(OH)–C–C–N with tert-alkyl or cyclic N) is 1. The van der Waals surface area contributed by atoms with Crippen LogP contribution in [0.2, 0.25) is 0 Å². The van der Waals surface area contributed by atoms with Gasteiger partial charge in [0.05, 0.1) is 23.0 Å². The molecule has 0 bridgehead atoms. The van der Waals surface area contributed by atoms with E-state index in [-0.39, 0.29) is 12.2 Å². The number of carbonyl (C=O) groups excluding carboxylic acids is 2. The summed E-state index contributed by atoms with van der Waals surface area (Å²) in [6.07, 6.45) is 0.860. The molecular formula is C12H10N4O7. The highest BCUT2D eigenvalue weighted by Crippen LogP contribution is 2.35. The van der Waals surface area contributed by atoms with Crippen molar-refractivity contribution in [1.29, 1.82) is 0 Å². The van der Waals surface area contributed by atoms with Crippen molar-refractivity contribution < 1.29 is 24.5 Å². The smallest absolute Gasteiger partial charge is 0.299 e. The predicted molar refractivity (Wildman–Crippen MR) is 75.3 cm³/mol. The third-order valence-corrected chi connectivity index (χ3v) is 3.01. The molecule has 120 valence electrons. The Kier molecular flexibility index (Phi) is 4.32. The van der Waals surface area contributed by atoms with Gasteiger partial charge in [-0.25, -0.2) is 0 Å². The first-order chi connectivity index (χ1) is 10.9. The van der Waals surface area contributed by atoms with Gasteiger partial charge < -0.3 is 10.4 Å². The molecule has 0 aliphatic carbocycles. The minimum absolute atomic E-state index is 0.252. The highest BCUT2D eigenvalue weighted by Gasteiger charge is 2.34. The molecule has 2 amide bonds. The zero-order chi connectivity index (χ0) is 17.1. The van der Waals surface area contributed by atoms with Crippen LogP contribution in [0.4, 0.5) is 17.1 Å². The maximum absolute atomic E-state index is 12.0. The summed E-state index contributed by atoms with van der Waals surface area (Å²) in [4.78, 5) is 44.7. The standard InChI is InChI=1S/C12H10N4O7/c17-5-4-14-10(18)6-7(12(14)19)13-11-8(15(20)21)2-1-3-9(11)16(22)23/h1-3,6,13,17H,4-5H2. The number of benzene rings is 1. The number of hydrogen-bond acceptors (Lipinski definition) is 8. The van der Waals surface area contributed by atoms with E-state index in [2.05, 4.69) is 5.32 Å². The highest BCUT2D eigenvalue weighted by molar-refractivity contribution is 6.17. The average Bonchev–Trinajstić information content (AvgIpc) is 2.75. The second-order valence-corrected chi connectivity index (χ2v) is 4.39. The van der Waals surface area contributed by atoms with Gasteiger partial charge in [-0.15, -0.1) is 0 Å². The second-order valence-electron chi connectivity index (χ2n) is 4.39. The first kappa shape index (κ1) is 16.0. The van der Waals surface area contributed by atoms with Crippen LogP contribution in [0.1, 0.15) is 0 Å². The highest BCUT2D eigenvalue weighted by atomic mass is 16.6. The first-order valence-electron chi connectivity index (χ1n) is 6.24. The minimum Gasteiger partial charge on any atom is -0.395 e. The normalized spacial score (nSPS) is 14.0. The first-order valence-corrected chi connectivity index (χ1v) is 6.24. The number of nitro benzene ring substituents is 2. The fraction of sp³-hybridized carbons (Fsp3) is 0.167. The largest absolute Gasteiger partial charge is 0.395 e. The summed E-state index contributed by atoms with van der Waals surface area (Å²) in [6.45, 7) is -0.706. The molecule has 2 N–H and O–H groups in total. The van der Waals surface area contributed by atoms with Crippen molar-refractivity contribution in [2.45, 2.75) is 0 Å². The van der Waals surface area contributed by atoms with Crippen molar-refractivity contribution in [1.82, 2.24) is 4.90 Å². The number of hydrogen-bond donors (Lipinski definition) is 2. The average molecular weight is 322 g/mol. The fourth-order valence-corrected chi connectivity index (χ4v) is 2.01. The molecule has 1 heterocycles. The summed E-state index contributed by atoms with van der Waals surface area (Å²) >= 11 is 0. The molecule has 0 unspecified atom stereocenters. The van der Waals surface area contributed by atoms with Crippen molar-refractivity contribution in [3.63, 3.8) is 0 Å². The van der Waals surface area contributed by atoms with Crippen LogP contribution in [0.5, 0.6) is 0 Å². The molecule has 1 aliphatic heterocycles. The van der Waals surface area contributed by atoms with Gasteiger partial charge in [0.15, 0.2) is 5.69 Å². The molecular weight excluding hydrogens is 312 g/mol. The lowest BCUT2D eigenvalue weighted by atomic mass is 10.2. The summed E-state index contributed by atoms with van der Waals surface area (Å²) in [6, 6.07) is 3.20. The van der Waals surface area contributed by atoms with Gasteiger partial charge in [0.1, 0.15) is 5.70 Å². The van der Waals surface area contributed by atoms with Gasteiger partial charge in [-0.2, -0.15) is 0 Å². The minimum atomic E-state index is -0.845. The number of anilines is 1. The van der Waals surface area contributed by atoms with Crippen LogP contribution in [0.15, 0.2) is 30.0 Å². The van der Waals surface area contributed by atoms with Gasteiger partial charge in [-0.1, -0.05) is 0 Å². The number of nitro groups is 2. The Morgan fingerprint density at radius 1 is 1.13 bits per heavy atom. The second kappa shape index (κ2) is 6.19. The zero-order valence-electron chi connectivity index (χ0n) is 11.5. The van der Waals surface area contributed by atoms with E-state index in [0.717, 1.165) is 24.3 Å². The van der Waals surface area contributed by atoms with Gasteiger partial charge in [-0.3, -0.25) is 34.7 Å². The number of nitrogens with zero attached hydrogens (tertiary/aromatic N) is 3. The topological polar surface area (TPSA) is 156 Å². The van der Waals surface area contributed by atoms with Gasteiger partial charge in [-0.05, 0) is 6.07 Å². The third-order valence-electron chi connectivity index (χ3n) is 3.01. The molecule has 1 aromatic carbocycles. The van der Waals surface area contributed by atoms with Crippen molar-refractivity contribution in [3.8, 4) is 0 Å². The summed E-state index contributed by atoms with van der Waals surface area (Å²) in [5, 5.41) is 33.1. The van der Waals surface area contributed by atoms with Crippen LogP contribution < -0.4 is 5.32 Å². The van der Waals surface area contributed by atoms with Crippen LogP contribution in [-0.4, -0.2) is 44.8 Å². The zero-order valence-corrected chi connectivity index (χ0v) is 11.5. The SMILES string of the molecule is O=C1C=C(Nc2c([N+](=O)[O-])cccc2[N+](=O)[O-])C(=O)N1CCO. The predicted octanol–water partition coefficient (Wildman–Crippen LogP) is 0.160. The van der Waals surface area contributed by atoms with Crippen molar-refractivity contribution in [2.24, 2.45) is 0 Å². The quantitative estimate of drug-likeness (QED) is 0.426. The van der Waals surface area contributed by atoms with E-state index in [9.17, 15) is 29.8 Å². The van der Waals surface area contributed by atoms with E-state index >= 15 is 0 Å². The van der Waals surface area contributed by atoms with Crippen molar-refractivity contribution >= 4 is 28.9 Å².